The average Bonchev–Trinajstić information content (AvgIpc) is 2.70. The van der Waals surface area contributed by atoms with Crippen LogP contribution in [0.15, 0.2) is 59.7 Å². The van der Waals surface area contributed by atoms with Gasteiger partial charge in [0.25, 0.3) is 5.56 Å². The van der Waals surface area contributed by atoms with Gasteiger partial charge in [-0.25, -0.2) is 4.98 Å². The van der Waals surface area contributed by atoms with Gasteiger partial charge in [0.2, 0.25) is 11.8 Å². The van der Waals surface area contributed by atoms with Gasteiger partial charge in [0.1, 0.15) is 12.3 Å². The normalized spacial score (nSPS) is 10.5. The van der Waals surface area contributed by atoms with E-state index in [1.54, 1.807) is 55.6 Å². The van der Waals surface area contributed by atoms with Crippen LogP contribution in [0.2, 0.25) is 0 Å². The fraction of sp³-hybridized carbons (Fsp3) is 0.200. The zero-order valence-corrected chi connectivity index (χ0v) is 15.6. The lowest BCUT2D eigenvalue weighted by atomic mass is 10.2. The van der Waals surface area contributed by atoms with Crippen molar-refractivity contribution in [2.75, 3.05) is 26.0 Å². The number of rotatable bonds is 6. The molecule has 1 aromatic heterocycles. The number of fused-ring (bicyclic) bond motifs is 1. The summed E-state index contributed by atoms with van der Waals surface area (Å²) in [6.07, 6.45) is 1.34. The number of nitrogens with zero attached hydrogens (tertiary/aromatic N) is 3. The minimum atomic E-state index is -0.371. The number of likely N-dealkylation sites (N-methyl/N-ethyl adjacent to an activating group) is 1. The highest BCUT2D eigenvalue weighted by molar-refractivity contribution is 5.94. The fourth-order valence-corrected chi connectivity index (χ4v) is 2.66. The Bertz CT molecular complexity index is 1060. The third kappa shape index (κ3) is 4.35. The lowest BCUT2D eigenvalue weighted by Gasteiger charge is -2.17. The van der Waals surface area contributed by atoms with Crippen molar-refractivity contribution >= 4 is 28.4 Å². The van der Waals surface area contributed by atoms with Crippen LogP contribution in [0, 0.1) is 0 Å². The highest BCUT2D eigenvalue weighted by Gasteiger charge is 2.15. The van der Waals surface area contributed by atoms with Crippen LogP contribution in [-0.4, -0.2) is 47.0 Å². The zero-order valence-electron chi connectivity index (χ0n) is 15.6. The summed E-state index contributed by atoms with van der Waals surface area (Å²) in [5, 5.41) is 3.15. The molecular formula is C20H20N4O4. The van der Waals surface area contributed by atoms with Crippen molar-refractivity contribution in [3.63, 3.8) is 0 Å². The second kappa shape index (κ2) is 8.34. The van der Waals surface area contributed by atoms with E-state index in [1.807, 2.05) is 0 Å². The molecule has 0 aliphatic rings. The summed E-state index contributed by atoms with van der Waals surface area (Å²) in [5.74, 6) is -0.0335. The lowest BCUT2D eigenvalue weighted by molar-refractivity contribution is -0.133. The van der Waals surface area contributed by atoms with Gasteiger partial charge >= 0.3 is 0 Å². The molecule has 144 valence electrons. The first-order chi connectivity index (χ1) is 13.5. The van der Waals surface area contributed by atoms with Crippen molar-refractivity contribution in [2.45, 2.75) is 6.54 Å². The number of ether oxygens (including phenoxy) is 1. The second-order valence-electron chi connectivity index (χ2n) is 6.22. The molecule has 8 heteroatoms. The summed E-state index contributed by atoms with van der Waals surface area (Å²) in [4.78, 5) is 42.5. The van der Waals surface area contributed by atoms with Gasteiger partial charge in [-0.1, -0.05) is 12.1 Å². The Morgan fingerprint density at radius 2 is 1.86 bits per heavy atom. The molecular weight excluding hydrogens is 360 g/mol. The summed E-state index contributed by atoms with van der Waals surface area (Å²) >= 11 is 0. The summed E-state index contributed by atoms with van der Waals surface area (Å²) < 4.78 is 6.30. The number of para-hydroxylation sites is 1. The van der Waals surface area contributed by atoms with Gasteiger partial charge in [0, 0.05) is 12.7 Å². The quantitative estimate of drug-likeness (QED) is 0.700. The van der Waals surface area contributed by atoms with E-state index in [0.29, 0.717) is 22.3 Å². The van der Waals surface area contributed by atoms with Gasteiger partial charge in [-0.3, -0.25) is 19.0 Å². The average molecular weight is 380 g/mol. The van der Waals surface area contributed by atoms with Gasteiger partial charge in [0.15, 0.2) is 0 Å². The molecule has 0 spiro atoms. The number of anilines is 1. The van der Waals surface area contributed by atoms with Crippen LogP contribution in [0.5, 0.6) is 5.75 Å². The van der Waals surface area contributed by atoms with Crippen LogP contribution in [0.4, 0.5) is 5.69 Å². The number of hydrogen-bond donors (Lipinski definition) is 1. The first-order valence-electron chi connectivity index (χ1n) is 8.60. The number of carbonyl (C=O) groups is 2. The highest BCUT2D eigenvalue weighted by Crippen LogP contribution is 2.14. The molecule has 2 aromatic carbocycles. The molecule has 3 aromatic rings. The van der Waals surface area contributed by atoms with E-state index in [0.717, 1.165) is 0 Å². The number of amides is 2. The molecule has 1 N–H and O–H groups in total. The van der Waals surface area contributed by atoms with Gasteiger partial charge in [-0.15, -0.1) is 0 Å². The van der Waals surface area contributed by atoms with Gasteiger partial charge in [-0.2, -0.15) is 0 Å². The summed E-state index contributed by atoms with van der Waals surface area (Å²) in [6, 6.07) is 13.8. The first kappa shape index (κ1) is 19.1. The molecule has 0 fully saturated rings. The van der Waals surface area contributed by atoms with Crippen molar-refractivity contribution < 1.29 is 14.3 Å². The molecule has 2 amide bonds. The Balaban J connectivity index is 1.62. The van der Waals surface area contributed by atoms with Gasteiger partial charge in [0.05, 0.1) is 30.9 Å². The molecule has 1 heterocycles. The van der Waals surface area contributed by atoms with Crippen LogP contribution in [0.25, 0.3) is 10.9 Å². The standard InChI is InChI=1S/C20H20N4O4/c1-23(11-18(25)22-14-7-9-15(28-2)10-8-14)19(26)12-24-13-21-17-6-4-3-5-16(17)20(24)27/h3-10,13H,11-12H2,1-2H3,(H,22,25). The Morgan fingerprint density at radius 3 is 2.57 bits per heavy atom. The minimum absolute atomic E-state index is 0.138. The van der Waals surface area contributed by atoms with Gasteiger partial charge in [-0.05, 0) is 36.4 Å². The Labute approximate surface area is 161 Å². The number of aromatic nitrogens is 2. The van der Waals surface area contributed by atoms with E-state index in [4.69, 9.17) is 4.74 Å². The van der Waals surface area contributed by atoms with Crippen molar-refractivity contribution in [1.82, 2.24) is 14.5 Å². The maximum atomic E-state index is 12.5. The zero-order chi connectivity index (χ0) is 20.1. The van der Waals surface area contributed by atoms with E-state index in [9.17, 15) is 14.4 Å². The largest absolute Gasteiger partial charge is 0.497 e. The Morgan fingerprint density at radius 1 is 1.14 bits per heavy atom. The second-order valence-corrected chi connectivity index (χ2v) is 6.22. The van der Waals surface area contributed by atoms with Crippen molar-refractivity contribution in [3.05, 3.63) is 65.2 Å². The molecule has 0 atom stereocenters. The SMILES string of the molecule is COc1ccc(NC(=O)CN(C)C(=O)Cn2cnc3ccccc3c2=O)cc1. The summed E-state index contributed by atoms with van der Waals surface area (Å²) in [7, 11) is 3.07. The van der Waals surface area contributed by atoms with Crippen LogP contribution in [-0.2, 0) is 16.1 Å². The fourth-order valence-electron chi connectivity index (χ4n) is 2.66. The molecule has 0 saturated carbocycles. The van der Waals surface area contributed by atoms with Crippen molar-refractivity contribution in [3.8, 4) is 5.75 Å². The lowest BCUT2D eigenvalue weighted by Crippen LogP contribution is -2.38. The van der Waals surface area contributed by atoms with Crippen molar-refractivity contribution in [1.29, 1.82) is 0 Å². The highest BCUT2D eigenvalue weighted by atomic mass is 16.5. The molecule has 0 aliphatic heterocycles. The maximum absolute atomic E-state index is 12.5. The van der Waals surface area contributed by atoms with E-state index in [1.165, 1.54) is 22.8 Å². The number of hydrogen-bond acceptors (Lipinski definition) is 5. The first-order valence-corrected chi connectivity index (χ1v) is 8.60. The molecule has 0 unspecified atom stereocenters. The monoisotopic (exact) mass is 380 g/mol. The van der Waals surface area contributed by atoms with E-state index in [2.05, 4.69) is 10.3 Å². The minimum Gasteiger partial charge on any atom is -0.497 e. The van der Waals surface area contributed by atoms with Crippen LogP contribution in [0.1, 0.15) is 0 Å². The van der Waals surface area contributed by atoms with E-state index in [-0.39, 0.29) is 30.5 Å². The van der Waals surface area contributed by atoms with E-state index >= 15 is 0 Å². The summed E-state index contributed by atoms with van der Waals surface area (Å²) in [5.41, 5.74) is 0.875. The topological polar surface area (TPSA) is 93.5 Å². The molecule has 0 saturated heterocycles. The predicted molar refractivity (Wildman–Crippen MR) is 105 cm³/mol. The Kier molecular flexibility index (Phi) is 5.69. The number of benzene rings is 2. The smallest absolute Gasteiger partial charge is 0.261 e. The van der Waals surface area contributed by atoms with Crippen LogP contribution < -0.4 is 15.6 Å². The molecule has 28 heavy (non-hydrogen) atoms. The van der Waals surface area contributed by atoms with Crippen molar-refractivity contribution in [2.24, 2.45) is 0 Å². The molecule has 0 aliphatic carbocycles. The maximum Gasteiger partial charge on any atom is 0.261 e. The van der Waals surface area contributed by atoms with Gasteiger partial charge < -0.3 is 15.0 Å². The molecule has 3 rings (SSSR count). The number of nitrogens with one attached hydrogen (secondary N) is 1. The molecule has 8 nitrogen and oxygen atoms in total. The summed E-state index contributed by atoms with van der Waals surface area (Å²) in [6.45, 7) is -0.330. The third-order valence-electron chi connectivity index (χ3n) is 4.22. The molecule has 0 bridgehead atoms. The number of methoxy groups -OCH3 is 1. The number of carbonyl (C=O) groups excluding carboxylic acids is 2. The van der Waals surface area contributed by atoms with E-state index < -0.39 is 0 Å². The molecule has 0 radical (unpaired) electrons. The third-order valence-corrected chi connectivity index (χ3v) is 4.22. The van der Waals surface area contributed by atoms with Crippen LogP contribution >= 0.6 is 0 Å². The van der Waals surface area contributed by atoms with Crippen LogP contribution in [0.3, 0.4) is 0 Å². The Hall–Kier alpha value is -3.68. The predicted octanol–water partition coefficient (Wildman–Crippen LogP) is 1.50.